The number of nitrogens with two attached hydrogens (primary N) is 2. The molecule has 2 heterocycles. The van der Waals surface area contributed by atoms with E-state index < -0.39 is 34.5 Å². The van der Waals surface area contributed by atoms with Crippen molar-refractivity contribution in [3.05, 3.63) is 59.9 Å². The average Bonchev–Trinajstić information content (AvgIpc) is 3.31. The van der Waals surface area contributed by atoms with E-state index in [2.05, 4.69) is 25.7 Å². The number of sulfonamides is 1. The van der Waals surface area contributed by atoms with Crippen LogP contribution in [0, 0.1) is 13.8 Å². The molecule has 0 aliphatic carbocycles. The number of primary sulfonamides is 1. The minimum atomic E-state index is -4.15. The lowest BCUT2D eigenvalue weighted by Crippen LogP contribution is -2.47. The molecular formula is C29H37N10O5PS. The Bertz CT molecular complexity index is 1900. The summed E-state index contributed by atoms with van der Waals surface area (Å²) >= 11 is 0. The smallest absolute Gasteiger partial charge is 0.329 e. The highest BCUT2D eigenvalue weighted by atomic mass is 32.2. The van der Waals surface area contributed by atoms with Crippen molar-refractivity contribution < 1.29 is 22.8 Å². The summed E-state index contributed by atoms with van der Waals surface area (Å²) in [5.41, 5.74) is 8.47. The lowest BCUT2D eigenvalue weighted by molar-refractivity contribution is -0.124. The van der Waals surface area contributed by atoms with Gasteiger partial charge in [-0.2, -0.15) is 10.1 Å². The fraction of sp³-hybridized carbons (Fsp3) is 0.310. The number of carbonyl (C=O) groups excluding carboxylic acids is 3. The summed E-state index contributed by atoms with van der Waals surface area (Å²) in [6, 6.07) is 10.1. The predicted molar refractivity (Wildman–Crippen MR) is 178 cm³/mol. The van der Waals surface area contributed by atoms with Crippen molar-refractivity contribution in [1.82, 2.24) is 30.4 Å². The Balaban J connectivity index is 1.69. The van der Waals surface area contributed by atoms with Crippen molar-refractivity contribution in [3.63, 3.8) is 0 Å². The van der Waals surface area contributed by atoms with E-state index in [9.17, 15) is 22.8 Å². The van der Waals surface area contributed by atoms with E-state index >= 15 is 0 Å². The van der Waals surface area contributed by atoms with E-state index in [4.69, 9.17) is 10.9 Å². The first kappa shape index (κ1) is 34.4. The van der Waals surface area contributed by atoms with Crippen molar-refractivity contribution in [3.8, 4) is 0 Å². The molecule has 1 unspecified atom stereocenters. The molecule has 0 radical (unpaired) electrons. The Morgan fingerprint density at radius 2 is 1.80 bits per heavy atom. The van der Waals surface area contributed by atoms with E-state index in [0.717, 1.165) is 27.2 Å². The quantitative estimate of drug-likeness (QED) is 0.161. The lowest BCUT2D eigenvalue weighted by Gasteiger charge is -2.24. The third-order valence-corrected chi connectivity index (χ3v) is 9.26. The van der Waals surface area contributed by atoms with Crippen LogP contribution < -0.4 is 31.3 Å². The van der Waals surface area contributed by atoms with Crippen LogP contribution >= 0.6 is 8.58 Å². The second-order valence-electron chi connectivity index (χ2n) is 10.5. The lowest BCUT2D eigenvalue weighted by atomic mass is 10.2. The molecule has 0 fully saturated rings. The summed E-state index contributed by atoms with van der Waals surface area (Å²) in [4.78, 5) is 50.2. The molecule has 17 heteroatoms. The highest BCUT2D eigenvalue weighted by Gasteiger charge is 2.26. The first-order valence-corrected chi connectivity index (χ1v) is 17.2. The first-order valence-electron chi connectivity index (χ1n) is 14.2. The van der Waals surface area contributed by atoms with Gasteiger partial charge in [0.15, 0.2) is 5.52 Å². The maximum absolute atomic E-state index is 13.7. The summed E-state index contributed by atoms with van der Waals surface area (Å²) in [6.07, 6.45) is 1.71. The van der Waals surface area contributed by atoms with Crippen LogP contribution in [0.15, 0.2) is 53.6 Å². The minimum absolute atomic E-state index is 0.0384. The fourth-order valence-corrected chi connectivity index (χ4v) is 6.11. The van der Waals surface area contributed by atoms with E-state index in [0.29, 0.717) is 11.4 Å². The molecule has 3 amide bonds. The number of fused-ring (bicyclic) bond motifs is 1. The Morgan fingerprint density at radius 3 is 2.48 bits per heavy atom. The van der Waals surface area contributed by atoms with E-state index in [-0.39, 0.29) is 43.6 Å². The molecule has 0 spiro atoms. The summed E-state index contributed by atoms with van der Waals surface area (Å²) in [5, 5.41) is 16.1. The van der Waals surface area contributed by atoms with Gasteiger partial charge in [0, 0.05) is 37.1 Å². The van der Waals surface area contributed by atoms with Crippen molar-refractivity contribution in [1.29, 1.82) is 0 Å². The maximum Gasteiger partial charge on any atom is 0.329 e. The van der Waals surface area contributed by atoms with Gasteiger partial charge in [0.2, 0.25) is 21.9 Å². The van der Waals surface area contributed by atoms with Crippen LogP contribution in [-0.4, -0.2) is 78.5 Å². The Hall–Kier alpha value is -4.50. The summed E-state index contributed by atoms with van der Waals surface area (Å²) < 4.78 is 26.5. The topological polar surface area (TPSA) is 212 Å². The van der Waals surface area contributed by atoms with Gasteiger partial charge in [-0.05, 0) is 75.4 Å². The summed E-state index contributed by atoms with van der Waals surface area (Å²) in [6.45, 7) is 4.96. The summed E-state index contributed by atoms with van der Waals surface area (Å²) in [7, 11) is -0.529. The molecular weight excluding hydrogens is 631 g/mol. The second kappa shape index (κ2) is 14.3. The van der Waals surface area contributed by atoms with Gasteiger partial charge in [0.25, 0.3) is 0 Å². The van der Waals surface area contributed by atoms with Crippen molar-refractivity contribution >= 4 is 70.1 Å². The number of carbonyl (C=O) groups is 3. The number of nitrogens with one attached hydrogen (secondary N) is 2. The van der Waals surface area contributed by atoms with Gasteiger partial charge >= 0.3 is 6.03 Å². The minimum Gasteiger partial charge on any atom is -0.344 e. The number of nitrogens with zero attached hydrogens (tertiary/aromatic N) is 6. The molecule has 4 aromatic rings. The van der Waals surface area contributed by atoms with Gasteiger partial charge in [-0.3, -0.25) is 14.3 Å². The molecule has 2 aromatic carbocycles. The average molecular weight is 669 g/mol. The fourth-order valence-electron chi connectivity index (χ4n) is 4.74. The van der Waals surface area contributed by atoms with Crippen LogP contribution in [0.25, 0.3) is 10.9 Å². The SMILES string of the molecule is CPC(=O)[C@H](CCN)NC(=O)CNC(=O)N(c1ccc(C)c(S(N)(=O)=O)c1)c1nccc(N(C)c2ccc3c(C)n(C)nc3c2)n1. The van der Waals surface area contributed by atoms with E-state index in [1.165, 1.54) is 24.4 Å². The zero-order chi connectivity index (χ0) is 33.8. The molecule has 2 atom stereocenters. The van der Waals surface area contributed by atoms with E-state index in [1.807, 2.05) is 32.2 Å². The molecule has 0 aliphatic rings. The number of amides is 3. The monoisotopic (exact) mass is 668 g/mol. The first-order chi connectivity index (χ1) is 21.7. The van der Waals surface area contributed by atoms with E-state index in [1.54, 1.807) is 36.3 Å². The number of benzene rings is 2. The van der Waals surface area contributed by atoms with Crippen LogP contribution in [0.1, 0.15) is 17.7 Å². The molecule has 15 nitrogen and oxygen atoms in total. The molecule has 6 N–H and O–H groups in total. The largest absolute Gasteiger partial charge is 0.344 e. The van der Waals surface area contributed by atoms with Gasteiger partial charge in [-0.15, -0.1) is 0 Å². The van der Waals surface area contributed by atoms with Gasteiger partial charge in [-0.1, -0.05) is 14.6 Å². The van der Waals surface area contributed by atoms with Crippen LogP contribution in [0.3, 0.4) is 0 Å². The van der Waals surface area contributed by atoms with Crippen LogP contribution in [0.4, 0.5) is 27.9 Å². The van der Waals surface area contributed by atoms with Crippen LogP contribution in [0.5, 0.6) is 0 Å². The zero-order valence-corrected chi connectivity index (χ0v) is 27.9. The van der Waals surface area contributed by atoms with Gasteiger partial charge < -0.3 is 21.3 Å². The number of urea groups is 1. The van der Waals surface area contributed by atoms with Crippen molar-refractivity contribution in [2.75, 3.05) is 36.6 Å². The van der Waals surface area contributed by atoms with Crippen molar-refractivity contribution in [2.24, 2.45) is 17.9 Å². The third-order valence-electron chi connectivity index (χ3n) is 7.37. The molecule has 244 valence electrons. The molecule has 2 aromatic heterocycles. The van der Waals surface area contributed by atoms with Gasteiger partial charge in [0.05, 0.1) is 28.7 Å². The molecule has 46 heavy (non-hydrogen) atoms. The number of hydrogen-bond acceptors (Lipinski definition) is 10. The number of rotatable bonds is 12. The molecule has 0 bridgehead atoms. The number of aryl methyl sites for hydroxylation is 3. The molecule has 0 aliphatic heterocycles. The molecule has 0 saturated carbocycles. The Kier molecular flexibility index (Phi) is 10.7. The molecule has 0 saturated heterocycles. The molecule has 4 rings (SSSR count). The number of anilines is 4. The van der Waals surface area contributed by atoms with Gasteiger partial charge in [0.1, 0.15) is 5.82 Å². The Labute approximate surface area is 268 Å². The third kappa shape index (κ3) is 7.65. The van der Waals surface area contributed by atoms with Gasteiger partial charge in [-0.25, -0.2) is 28.2 Å². The van der Waals surface area contributed by atoms with Crippen LogP contribution in [0.2, 0.25) is 0 Å². The highest BCUT2D eigenvalue weighted by molar-refractivity contribution is 7.89. The maximum atomic E-state index is 13.7. The predicted octanol–water partition coefficient (Wildman–Crippen LogP) is 1.91. The zero-order valence-electron chi connectivity index (χ0n) is 26.1. The standard InChI is InChI=1S/C29H37N10O5PS/c1-17-6-7-20(15-24(17)46(31,43)44)39(29(42)33-16-26(40)34-22(10-12-30)27(41)45-5)28-32-13-11-25(35-28)37(3)19-8-9-21-18(2)38(4)36-23(21)14-19/h6-9,11,13-15,22,45H,10,12,16,30H2,1-5H3,(H,33,42)(H,34,40)(H2,31,43,44)/t22-/m0/s1. The number of hydrogen-bond donors (Lipinski definition) is 4. The van der Waals surface area contributed by atoms with Crippen LogP contribution in [-0.2, 0) is 26.7 Å². The highest BCUT2D eigenvalue weighted by Crippen LogP contribution is 2.30. The van der Waals surface area contributed by atoms with Crippen molar-refractivity contribution in [2.45, 2.75) is 31.2 Å². The normalized spacial score (nSPS) is 12.3. The summed E-state index contributed by atoms with van der Waals surface area (Å²) in [5.74, 6) is -0.304. The number of aromatic nitrogens is 4. The Morgan fingerprint density at radius 1 is 1.09 bits per heavy atom. The second-order valence-corrected chi connectivity index (χ2v) is 13.0.